The minimum Gasteiger partial charge on any atom is -0.490 e. The van der Waals surface area contributed by atoms with E-state index in [4.69, 9.17) is 15.5 Å². The largest absolute Gasteiger partial charge is 0.490 e. The second kappa shape index (κ2) is 6.58. The lowest BCUT2D eigenvalue weighted by Gasteiger charge is -2.22. The van der Waals surface area contributed by atoms with E-state index in [1.165, 1.54) is 12.1 Å². The Morgan fingerprint density at radius 1 is 1.19 bits per heavy atom. The Hall–Kier alpha value is -2.08. The Balaban J connectivity index is 1.90. The van der Waals surface area contributed by atoms with Crippen LogP contribution in [0.4, 0.5) is 13.2 Å². The summed E-state index contributed by atoms with van der Waals surface area (Å²) >= 11 is 0. The normalized spacial score (nSPS) is 19.1. The van der Waals surface area contributed by atoms with Crippen molar-refractivity contribution < 1.29 is 17.9 Å². The van der Waals surface area contributed by atoms with E-state index in [-0.39, 0.29) is 18.3 Å². The number of nitrogens with two attached hydrogens (primary N) is 1. The molecule has 3 nitrogen and oxygen atoms in total. The van der Waals surface area contributed by atoms with Gasteiger partial charge in [0, 0.05) is 29.3 Å². The molecule has 1 aromatic carbocycles. The van der Waals surface area contributed by atoms with Gasteiger partial charge in [-0.15, -0.1) is 0 Å². The van der Waals surface area contributed by atoms with E-state index < -0.39 is 18.8 Å². The van der Waals surface area contributed by atoms with Crippen LogP contribution < -0.4 is 10.5 Å². The number of nitrogens with zero attached hydrogens (tertiary/aromatic N) is 1. The first-order chi connectivity index (χ1) is 12.6. The first kappa shape index (κ1) is 17.3. The van der Waals surface area contributed by atoms with Crippen LogP contribution in [0.1, 0.15) is 30.0 Å². The fourth-order valence-corrected chi connectivity index (χ4v) is 3.68. The third-order valence-corrected chi connectivity index (χ3v) is 5.51. The van der Waals surface area contributed by atoms with Gasteiger partial charge in [0.25, 0.3) is 0 Å². The van der Waals surface area contributed by atoms with Gasteiger partial charge in [0.1, 0.15) is 37.2 Å². The third-order valence-electron chi connectivity index (χ3n) is 5.51. The highest BCUT2D eigenvalue weighted by molar-refractivity contribution is 5.71. The van der Waals surface area contributed by atoms with Gasteiger partial charge in [0.15, 0.2) is 0 Å². The van der Waals surface area contributed by atoms with Gasteiger partial charge in [-0.25, -0.2) is 18.2 Å². The zero-order chi connectivity index (χ0) is 18.3. The van der Waals surface area contributed by atoms with Crippen LogP contribution >= 0.6 is 0 Å². The predicted molar refractivity (Wildman–Crippen MR) is 93.3 cm³/mol. The van der Waals surface area contributed by atoms with Crippen molar-refractivity contribution in [1.29, 1.82) is 0 Å². The first-order valence-corrected chi connectivity index (χ1v) is 8.88. The van der Waals surface area contributed by atoms with Crippen LogP contribution in [-0.4, -0.2) is 31.5 Å². The third kappa shape index (κ3) is 2.76. The van der Waals surface area contributed by atoms with E-state index in [1.54, 1.807) is 18.2 Å². The fraction of sp³-hybridized carbons (Fsp3) is 0.450. The van der Waals surface area contributed by atoms with Gasteiger partial charge in [-0.2, -0.15) is 0 Å². The Labute approximate surface area is 150 Å². The van der Waals surface area contributed by atoms with Crippen LogP contribution in [-0.2, 0) is 5.41 Å². The molecule has 0 amide bonds. The van der Waals surface area contributed by atoms with E-state index in [0.717, 1.165) is 18.5 Å². The molecule has 1 unspecified atom stereocenters. The van der Waals surface area contributed by atoms with E-state index in [2.05, 4.69) is 0 Å². The van der Waals surface area contributed by atoms with Crippen molar-refractivity contribution in [3.63, 3.8) is 0 Å². The number of hydrogen-bond donors (Lipinski definition) is 1. The molecule has 2 heterocycles. The van der Waals surface area contributed by atoms with E-state index in [0.29, 0.717) is 35.0 Å². The topological polar surface area (TPSA) is 48.1 Å². The van der Waals surface area contributed by atoms with Crippen LogP contribution in [0.15, 0.2) is 30.3 Å². The number of aromatic nitrogens is 1. The number of rotatable bonds is 6. The van der Waals surface area contributed by atoms with Crippen molar-refractivity contribution in [2.24, 2.45) is 11.7 Å². The molecule has 1 aliphatic heterocycles. The number of pyridine rings is 1. The van der Waals surface area contributed by atoms with Crippen molar-refractivity contribution >= 4 is 0 Å². The van der Waals surface area contributed by atoms with Gasteiger partial charge in [0.05, 0.1) is 5.41 Å². The maximum Gasteiger partial charge on any atom is 0.149 e. The molecule has 138 valence electrons. The lowest BCUT2D eigenvalue weighted by Crippen LogP contribution is -2.33. The highest BCUT2D eigenvalue weighted by Crippen LogP contribution is 2.48. The second-order valence-electron chi connectivity index (χ2n) is 7.30. The van der Waals surface area contributed by atoms with Gasteiger partial charge < -0.3 is 10.5 Å². The summed E-state index contributed by atoms with van der Waals surface area (Å²) in [4.78, 5) is 4.74. The summed E-state index contributed by atoms with van der Waals surface area (Å²) in [6.07, 6.45) is 2.17. The number of alkyl halides is 2. The van der Waals surface area contributed by atoms with Crippen molar-refractivity contribution in [3.05, 3.63) is 47.4 Å². The van der Waals surface area contributed by atoms with Crippen LogP contribution in [0.5, 0.6) is 5.75 Å². The van der Waals surface area contributed by atoms with Gasteiger partial charge in [-0.05, 0) is 49.1 Å². The first-order valence-electron chi connectivity index (χ1n) is 8.88. The molecule has 0 saturated heterocycles. The zero-order valence-corrected chi connectivity index (χ0v) is 14.4. The molecule has 0 spiro atoms. The SMILES string of the molecule is NCC(c1cc2c(c(-c3ccc(F)cc3)n1)OCC2(CF)CF)C1CC1. The molecule has 6 heteroatoms. The summed E-state index contributed by atoms with van der Waals surface area (Å²) in [6, 6.07) is 7.65. The number of fused-ring (bicyclic) bond motifs is 1. The average Bonchev–Trinajstić information content (AvgIpc) is 3.43. The molecule has 0 radical (unpaired) electrons. The number of hydrogen-bond acceptors (Lipinski definition) is 3. The second-order valence-corrected chi connectivity index (χ2v) is 7.30. The summed E-state index contributed by atoms with van der Waals surface area (Å²) in [5.41, 5.74) is 7.07. The van der Waals surface area contributed by atoms with Gasteiger partial charge in [-0.3, -0.25) is 0 Å². The molecule has 0 bridgehead atoms. The lowest BCUT2D eigenvalue weighted by molar-refractivity contribution is 0.185. The molecule has 1 fully saturated rings. The molecule has 1 aromatic heterocycles. The Kier molecular flexibility index (Phi) is 4.39. The van der Waals surface area contributed by atoms with Gasteiger partial charge in [-0.1, -0.05) is 0 Å². The van der Waals surface area contributed by atoms with Gasteiger partial charge >= 0.3 is 0 Å². The number of benzene rings is 1. The smallest absolute Gasteiger partial charge is 0.149 e. The van der Waals surface area contributed by atoms with Crippen LogP contribution in [0.25, 0.3) is 11.3 Å². The number of halogens is 3. The lowest BCUT2D eigenvalue weighted by atomic mass is 9.83. The standard InChI is InChI=1S/C20H21F3N2O/c21-9-20(10-22)11-26-19-16(20)7-17(15(8-24)12-1-2-12)25-18(19)13-3-5-14(23)6-4-13/h3-7,12,15H,1-2,8-11,24H2. The van der Waals surface area contributed by atoms with Crippen LogP contribution in [0, 0.1) is 11.7 Å². The predicted octanol–water partition coefficient (Wildman–Crippen LogP) is 3.91. The molecular weight excluding hydrogens is 341 g/mol. The van der Waals surface area contributed by atoms with Crippen molar-refractivity contribution in [3.8, 4) is 17.0 Å². The molecule has 26 heavy (non-hydrogen) atoms. The van der Waals surface area contributed by atoms with Crippen LogP contribution in [0.2, 0.25) is 0 Å². The van der Waals surface area contributed by atoms with E-state index >= 15 is 0 Å². The van der Waals surface area contributed by atoms with Crippen molar-refractivity contribution in [1.82, 2.24) is 4.98 Å². The summed E-state index contributed by atoms with van der Waals surface area (Å²) in [5.74, 6) is 0.542. The molecule has 1 saturated carbocycles. The Morgan fingerprint density at radius 3 is 2.46 bits per heavy atom. The minimum absolute atomic E-state index is 0.0528. The highest BCUT2D eigenvalue weighted by Gasteiger charge is 2.44. The highest BCUT2D eigenvalue weighted by atomic mass is 19.1. The van der Waals surface area contributed by atoms with Gasteiger partial charge in [0.2, 0.25) is 0 Å². The Morgan fingerprint density at radius 2 is 1.88 bits per heavy atom. The van der Waals surface area contributed by atoms with E-state index in [1.807, 2.05) is 0 Å². The molecule has 1 aliphatic carbocycles. The van der Waals surface area contributed by atoms with E-state index in [9.17, 15) is 13.2 Å². The quantitative estimate of drug-likeness (QED) is 0.848. The zero-order valence-electron chi connectivity index (χ0n) is 14.4. The minimum atomic E-state index is -1.30. The van der Waals surface area contributed by atoms with Crippen molar-refractivity contribution in [2.75, 3.05) is 26.5 Å². The molecule has 2 N–H and O–H groups in total. The van der Waals surface area contributed by atoms with Crippen molar-refractivity contribution in [2.45, 2.75) is 24.2 Å². The summed E-state index contributed by atoms with van der Waals surface area (Å²) < 4.78 is 46.6. The summed E-state index contributed by atoms with van der Waals surface area (Å²) in [5, 5.41) is 0. The maximum absolute atomic E-state index is 13.8. The molecule has 2 aliphatic rings. The number of ether oxygens (including phenoxy) is 1. The summed E-state index contributed by atoms with van der Waals surface area (Å²) in [6.45, 7) is -1.33. The summed E-state index contributed by atoms with van der Waals surface area (Å²) in [7, 11) is 0. The fourth-order valence-electron chi connectivity index (χ4n) is 3.68. The Bertz CT molecular complexity index is 801. The monoisotopic (exact) mass is 362 g/mol. The maximum atomic E-state index is 13.8. The molecule has 2 aromatic rings. The van der Waals surface area contributed by atoms with Crippen LogP contribution in [0.3, 0.4) is 0 Å². The molecule has 1 atom stereocenters. The molecule has 4 rings (SSSR count). The molecular formula is C20H21F3N2O. The average molecular weight is 362 g/mol.